The Balaban J connectivity index is 2.04. The molecular weight excluding hydrogens is 138 g/mol. The maximum absolute atomic E-state index is 4.23. The van der Waals surface area contributed by atoms with Gasteiger partial charge in [-0.05, 0) is 13.5 Å². The average Bonchev–Trinajstić information content (AvgIpc) is 2.53. The third kappa shape index (κ3) is 1.03. The number of hydrogen-bond acceptors (Lipinski definition) is 3. The summed E-state index contributed by atoms with van der Waals surface area (Å²) in [5.41, 5.74) is 4.46. The second-order valence-electron chi connectivity index (χ2n) is 3.45. The summed E-state index contributed by atoms with van der Waals surface area (Å²) >= 11 is 0. The predicted molar refractivity (Wildman–Crippen MR) is 45.6 cm³/mol. The molecule has 0 bridgehead atoms. The van der Waals surface area contributed by atoms with E-state index in [1.807, 2.05) is 0 Å². The zero-order valence-electron chi connectivity index (χ0n) is 7.17. The Hall–Kier alpha value is -0.570. The van der Waals surface area contributed by atoms with E-state index in [9.17, 15) is 0 Å². The first kappa shape index (κ1) is 7.10. The summed E-state index contributed by atoms with van der Waals surface area (Å²) in [7, 11) is 0. The molecule has 0 radical (unpaired) electrons. The summed E-state index contributed by atoms with van der Waals surface area (Å²) in [5, 5.41) is 4.23. The smallest absolute Gasteiger partial charge is 0.0660 e. The van der Waals surface area contributed by atoms with Crippen LogP contribution in [0.25, 0.3) is 0 Å². The van der Waals surface area contributed by atoms with E-state index >= 15 is 0 Å². The second-order valence-corrected chi connectivity index (χ2v) is 3.45. The Kier molecular flexibility index (Phi) is 1.60. The molecule has 2 atom stereocenters. The van der Waals surface area contributed by atoms with Gasteiger partial charge in [0.1, 0.15) is 0 Å². The number of nitrogens with one attached hydrogen (secondary N) is 1. The largest absolute Gasteiger partial charge is 0.305 e. The minimum absolute atomic E-state index is 0.606. The molecule has 0 saturated carbocycles. The number of nitrogens with zero attached hydrogens (tertiary/aromatic N) is 2. The molecule has 62 valence electrons. The third-order valence-corrected chi connectivity index (χ3v) is 2.79. The van der Waals surface area contributed by atoms with Crippen molar-refractivity contribution in [2.45, 2.75) is 19.9 Å². The lowest BCUT2D eigenvalue weighted by Crippen LogP contribution is -2.28. The van der Waals surface area contributed by atoms with Gasteiger partial charge in [-0.2, -0.15) is 5.10 Å². The summed E-state index contributed by atoms with van der Waals surface area (Å²) in [6, 6.07) is 0.606. The van der Waals surface area contributed by atoms with Crippen LogP contribution in [0.15, 0.2) is 5.10 Å². The van der Waals surface area contributed by atoms with Crippen molar-refractivity contribution in [3.63, 3.8) is 0 Å². The van der Waals surface area contributed by atoms with E-state index in [-0.39, 0.29) is 0 Å². The van der Waals surface area contributed by atoms with E-state index in [0.717, 1.165) is 0 Å². The summed E-state index contributed by atoms with van der Waals surface area (Å²) < 4.78 is 0. The van der Waals surface area contributed by atoms with Crippen molar-refractivity contribution in [2.24, 2.45) is 11.0 Å². The topological polar surface area (TPSA) is 27.6 Å². The molecule has 1 N–H and O–H groups in total. The van der Waals surface area contributed by atoms with Crippen molar-refractivity contribution >= 4 is 5.71 Å². The number of rotatable bonds is 1. The van der Waals surface area contributed by atoms with Gasteiger partial charge in [0.15, 0.2) is 0 Å². The van der Waals surface area contributed by atoms with Crippen LogP contribution in [0.1, 0.15) is 13.8 Å². The van der Waals surface area contributed by atoms with Gasteiger partial charge in [-0.25, -0.2) is 0 Å². The molecule has 2 aliphatic heterocycles. The molecule has 2 aliphatic rings. The van der Waals surface area contributed by atoms with E-state index in [1.54, 1.807) is 0 Å². The van der Waals surface area contributed by atoms with Crippen molar-refractivity contribution in [3.8, 4) is 0 Å². The van der Waals surface area contributed by atoms with Crippen LogP contribution in [0.4, 0.5) is 0 Å². The lowest BCUT2D eigenvalue weighted by Gasteiger charge is -2.12. The van der Waals surface area contributed by atoms with Gasteiger partial charge in [-0.15, -0.1) is 0 Å². The number of hydrazone groups is 1. The Morgan fingerprint density at radius 1 is 1.64 bits per heavy atom. The van der Waals surface area contributed by atoms with E-state index in [4.69, 9.17) is 0 Å². The fraction of sp³-hybridized carbons (Fsp3) is 0.875. The van der Waals surface area contributed by atoms with Gasteiger partial charge in [-0.1, -0.05) is 6.92 Å². The summed E-state index contributed by atoms with van der Waals surface area (Å²) in [6.07, 6.45) is 0. The lowest BCUT2D eigenvalue weighted by atomic mass is 10.0. The van der Waals surface area contributed by atoms with E-state index in [2.05, 4.69) is 29.3 Å². The molecule has 2 heterocycles. The van der Waals surface area contributed by atoms with Gasteiger partial charge < -0.3 is 10.3 Å². The molecule has 0 aromatic heterocycles. The van der Waals surface area contributed by atoms with Gasteiger partial charge in [0.05, 0.1) is 6.04 Å². The Morgan fingerprint density at radius 2 is 2.45 bits per heavy atom. The number of likely N-dealkylation sites (tertiary alicyclic amines) is 1. The Morgan fingerprint density at radius 3 is 3.09 bits per heavy atom. The monoisotopic (exact) mass is 153 g/mol. The highest BCUT2D eigenvalue weighted by Crippen LogP contribution is 2.21. The molecular formula is C8H15N3. The number of likely N-dealkylation sites (N-methyl/N-ethyl adjacent to an activating group) is 1. The van der Waals surface area contributed by atoms with Gasteiger partial charge in [-0.3, -0.25) is 0 Å². The van der Waals surface area contributed by atoms with Crippen LogP contribution < -0.4 is 5.43 Å². The molecule has 1 fully saturated rings. The summed E-state index contributed by atoms with van der Waals surface area (Å²) in [6.45, 7) is 7.87. The number of fused-ring (bicyclic) bond motifs is 1. The molecule has 0 spiro atoms. The molecule has 1 saturated heterocycles. The normalized spacial score (nSPS) is 36.7. The summed E-state index contributed by atoms with van der Waals surface area (Å²) in [5.74, 6) is 0.690. The van der Waals surface area contributed by atoms with Crippen LogP contribution >= 0.6 is 0 Å². The van der Waals surface area contributed by atoms with Crippen molar-refractivity contribution in [1.29, 1.82) is 0 Å². The van der Waals surface area contributed by atoms with Crippen LogP contribution in [0, 0.1) is 5.92 Å². The molecule has 3 nitrogen and oxygen atoms in total. The van der Waals surface area contributed by atoms with Crippen molar-refractivity contribution in [3.05, 3.63) is 0 Å². The molecule has 0 aromatic rings. The Bertz CT molecular complexity index is 188. The first-order valence-corrected chi connectivity index (χ1v) is 4.33. The van der Waals surface area contributed by atoms with Gasteiger partial charge in [0, 0.05) is 24.7 Å². The van der Waals surface area contributed by atoms with Crippen LogP contribution in [0.2, 0.25) is 0 Å². The van der Waals surface area contributed by atoms with Crippen molar-refractivity contribution in [1.82, 2.24) is 10.3 Å². The molecule has 0 aromatic carbocycles. The van der Waals surface area contributed by atoms with Gasteiger partial charge >= 0.3 is 0 Å². The highest BCUT2D eigenvalue weighted by molar-refractivity contribution is 5.86. The quantitative estimate of drug-likeness (QED) is 0.586. The van der Waals surface area contributed by atoms with Crippen LogP contribution in [0.3, 0.4) is 0 Å². The van der Waals surface area contributed by atoms with Crippen LogP contribution in [-0.4, -0.2) is 36.3 Å². The average molecular weight is 153 g/mol. The highest BCUT2D eigenvalue weighted by atomic mass is 15.4. The molecule has 3 heteroatoms. The number of hydrogen-bond donors (Lipinski definition) is 1. The van der Waals surface area contributed by atoms with E-state index < -0.39 is 0 Å². The van der Waals surface area contributed by atoms with E-state index in [0.29, 0.717) is 12.0 Å². The fourth-order valence-corrected chi connectivity index (χ4v) is 1.97. The van der Waals surface area contributed by atoms with Gasteiger partial charge in [0.2, 0.25) is 0 Å². The van der Waals surface area contributed by atoms with E-state index in [1.165, 1.54) is 25.3 Å². The lowest BCUT2D eigenvalue weighted by molar-refractivity contribution is 0.343. The predicted octanol–water partition coefficient (Wildman–Crippen LogP) is 0.286. The standard InChI is InChI=1S/C8H15N3/c1-3-11-4-7-6(2)9-10-8(7)5-11/h7-8,10H,3-5H2,1-2H3. The first-order valence-electron chi connectivity index (χ1n) is 4.33. The molecule has 0 amide bonds. The summed E-state index contributed by atoms with van der Waals surface area (Å²) in [4.78, 5) is 2.47. The third-order valence-electron chi connectivity index (χ3n) is 2.79. The van der Waals surface area contributed by atoms with Crippen molar-refractivity contribution < 1.29 is 0 Å². The highest BCUT2D eigenvalue weighted by Gasteiger charge is 2.36. The Labute approximate surface area is 67.5 Å². The van der Waals surface area contributed by atoms with Crippen molar-refractivity contribution in [2.75, 3.05) is 19.6 Å². The molecule has 11 heavy (non-hydrogen) atoms. The maximum Gasteiger partial charge on any atom is 0.0660 e. The fourth-order valence-electron chi connectivity index (χ4n) is 1.97. The minimum Gasteiger partial charge on any atom is -0.305 e. The van der Waals surface area contributed by atoms with Crippen LogP contribution in [-0.2, 0) is 0 Å². The van der Waals surface area contributed by atoms with Gasteiger partial charge in [0.25, 0.3) is 0 Å². The zero-order chi connectivity index (χ0) is 7.84. The maximum atomic E-state index is 4.23. The van der Waals surface area contributed by atoms with Crippen LogP contribution in [0.5, 0.6) is 0 Å². The molecule has 2 rings (SSSR count). The SMILES string of the molecule is CCN1CC2NN=C(C)C2C1. The molecule has 0 aliphatic carbocycles. The zero-order valence-corrected chi connectivity index (χ0v) is 7.17. The second kappa shape index (κ2) is 2.48. The first-order chi connectivity index (χ1) is 5.31. The molecule has 2 unspecified atom stereocenters. The minimum atomic E-state index is 0.606.